The van der Waals surface area contributed by atoms with Gasteiger partial charge in [-0.15, -0.1) is 0 Å². The van der Waals surface area contributed by atoms with Gasteiger partial charge in [0.1, 0.15) is 18.2 Å². The van der Waals surface area contributed by atoms with Crippen LogP contribution in [0.3, 0.4) is 0 Å². The van der Waals surface area contributed by atoms with Crippen LogP contribution < -0.4 is 4.57 Å². The van der Waals surface area contributed by atoms with Gasteiger partial charge in [-0.3, -0.25) is 0 Å². The Morgan fingerprint density at radius 3 is 2.68 bits per heavy atom. The molecule has 2 aromatic heterocycles. The van der Waals surface area contributed by atoms with Crippen molar-refractivity contribution in [3.8, 4) is 17.3 Å². The van der Waals surface area contributed by atoms with Crippen LogP contribution in [0.25, 0.3) is 33.2 Å². The van der Waals surface area contributed by atoms with Crippen molar-refractivity contribution in [1.29, 1.82) is 5.26 Å². The van der Waals surface area contributed by atoms with Crippen LogP contribution in [0.5, 0.6) is 0 Å². The quantitative estimate of drug-likeness (QED) is 0.401. The van der Waals surface area contributed by atoms with Gasteiger partial charge in [0, 0.05) is 43.0 Å². The van der Waals surface area contributed by atoms with Crippen LogP contribution in [0.15, 0.2) is 40.8 Å². The van der Waals surface area contributed by atoms with E-state index in [1.165, 1.54) is 13.0 Å². The molecule has 3 heteroatoms. The zero-order valence-electron chi connectivity index (χ0n) is 25.8. The summed E-state index contributed by atoms with van der Waals surface area (Å²) in [7, 11) is 1.61. The Kier molecular flexibility index (Phi) is 2.29. The fraction of sp³-hybridized carbons (Fsp3) is 0.280. The summed E-state index contributed by atoms with van der Waals surface area (Å²) in [6, 6.07) is 11.8. The average Bonchev–Trinajstić information content (AvgIpc) is 3.15. The first kappa shape index (κ1) is 9.89. The molecule has 4 rings (SSSR count). The van der Waals surface area contributed by atoms with E-state index >= 15 is 0 Å². The van der Waals surface area contributed by atoms with E-state index in [1.54, 1.807) is 41.9 Å². The van der Waals surface area contributed by atoms with E-state index < -0.39 is 37.6 Å². The van der Waals surface area contributed by atoms with Crippen molar-refractivity contribution in [3.63, 3.8) is 0 Å². The van der Waals surface area contributed by atoms with E-state index in [4.69, 9.17) is 18.1 Å². The smallest absolute Gasteiger partial charge is 0.213 e. The van der Waals surface area contributed by atoms with E-state index in [1.807, 2.05) is 6.92 Å². The van der Waals surface area contributed by atoms with Gasteiger partial charge in [0.15, 0.2) is 5.69 Å². The number of aryl methyl sites for hydroxylation is 1. The first-order valence-electron chi connectivity index (χ1n) is 13.8. The van der Waals surface area contributed by atoms with Crippen LogP contribution in [-0.4, -0.2) is 0 Å². The first-order chi connectivity index (χ1) is 17.3. The third kappa shape index (κ3) is 2.60. The molecule has 0 radical (unpaired) electrons. The topological polar surface area (TPSA) is 40.8 Å². The molecule has 0 aliphatic carbocycles. The minimum atomic E-state index is -3.38. The number of furan rings is 1. The second-order valence-electron chi connectivity index (χ2n) is 6.89. The fourth-order valence-electron chi connectivity index (χ4n) is 3.66. The molecule has 0 spiro atoms. The van der Waals surface area contributed by atoms with E-state index in [2.05, 4.69) is 6.07 Å². The molecular formula is C25H25N2O+. The van der Waals surface area contributed by atoms with Crippen LogP contribution in [0.4, 0.5) is 0 Å². The highest BCUT2D eigenvalue weighted by Gasteiger charge is 2.25. The van der Waals surface area contributed by atoms with Crippen molar-refractivity contribution in [1.82, 2.24) is 0 Å². The normalized spacial score (nSPS) is 18.5. The van der Waals surface area contributed by atoms with Crippen molar-refractivity contribution in [2.75, 3.05) is 0 Å². The number of nitrogens with zero attached hydrogens (tertiary/aromatic N) is 2. The molecule has 0 unspecified atom stereocenters. The Morgan fingerprint density at radius 1 is 1.14 bits per heavy atom. The third-order valence-electron chi connectivity index (χ3n) is 5.28. The lowest BCUT2D eigenvalue weighted by Crippen LogP contribution is -2.36. The predicted molar refractivity (Wildman–Crippen MR) is 113 cm³/mol. The van der Waals surface area contributed by atoms with Crippen LogP contribution in [0.1, 0.15) is 61.3 Å². The largest absolute Gasteiger partial charge is 0.456 e. The molecule has 0 aliphatic rings. The van der Waals surface area contributed by atoms with Gasteiger partial charge in [-0.25, -0.2) is 0 Å². The van der Waals surface area contributed by atoms with E-state index in [9.17, 15) is 5.26 Å². The highest BCUT2D eigenvalue weighted by Crippen LogP contribution is 2.39. The van der Waals surface area contributed by atoms with Gasteiger partial charge in [0.2, 0.25) is 5.69 Å². The number of hydrogen-bond acceptors (Lipinski definition) is 2. The van der Waals surface area contributed by atoms with Gasteiger partial charge in [-0.05, 0) is 55.1 Å². The van der Waals surface area contributed by atoms with Gasteiger partial charge in [-0.1, -0.05) is 19.8 Å². The highest BCUT2D eigenvalue weighted by atomic mass is 16.3. The Balaban J connectivity index is 2.24. The van der Waals surface area contributed by atoms with Gasteiger partial charge in [0.05, 0.1) is 17.2 Å². The number of benzene rings is 2. The van der Waals surface area contributed by atoms with E-state index in [0.29, 0.717) is 38.8 Å². The van der Waals surface area contributed by atoms with Gasteiger partial charge in [-0.2, -0.15) is 9.83 Å². The van der Waals surface area contributed by atoms with Crippen molar-refractivity contribution in [2.45, 2.75) is 40.3 Å². The Labute approximate surface area is 179 Å². The lowest BCUT2D eigenvalue weighted by atomic mass is 9.92. The molecule has 3 nitrogen and oxygen atoms in total. The summed E-state index contributed by atoms with van der Waals surface area (Å²) in [5.74, 6) is -3.22. The van der Waals surface area contributed by atoms with Crippen LogP contribution in [0.2, 0.25) is 0 Å². The lowest BCUT2D eigenvalue weighted by Gasteiger charge is -2.15. The highest BCUT2D eigenvalue weighted by molar-refractivity contribution is 6.12. The minimum Gasteiger partial charge on any atom is -0.456 e. The molecular weight excluding hydrogens is 344 g/mol. The van der Waals surface area contributed by atoms with Crippen molar-refractivity contribution >= 4 is 21.9 Å². The molecule has 2 aromatic carbocycles. The summed E-state index contributed by atoms with van der Waals surface area (Å²) < 4.78 is 89.0. The summed E-state index contributed by atoms with van der Waals surface area (Å²) in [6.07, 6.45) is 0. The van der Waals surface area contributed by atoms with Crippen LogP contribution in [0, 0.1) is 32.0 Å². The molecule has 2 heterocycles. The maximum absolute atomic E-state index is 9.29. The SMILES string of the molecule is [2H]C([2H])([2H])c1c(C([2H])(C([2H])([2H])[2H])C([2H])([2H])[2H])cc(-c2c(C)ccc3oc4cc(C#N)ccc4c23)[n+](C)c1C. The standard InChI is InChI=1S/C25H25N2O/c1-14(2)20-12-21(27(6)17(5)16(20)4)24-15(3)7-10-22-25(24)19-9-8-18(13-26)11-23(19)28-22/h7-12,14H,1-6H3/q+1/i1D3,2D3,4D3,14D. The first-order valence-corrected chi connectivity index (χ1v) is 8.75. The maximum atomic E-state index is 9.29. The Hall–Kier alpha value is -3.12. The molecule has 0 N–H and O–H groups in total. The number of aromatic nitrogens is 1. The fourth-order valence-corrected chi connectivity index (χ4v) is 3.66. The van der Waals surface area contributed by atoms with Crippen molar-refractivity contribution < 1.29 is 22.7 Å². The zero-order chi connectivity index (χ0) is 28.6. The summed E-state index contributed by atoms with van der Waals surface area (Å²) >= 11 is 0. The van der Waals surface area contributed by atoms with Crippen molar-refractivity contribution in [3.05, 3.63) is 64.3 Å². The summed E-state index contributed by atoms with van der Waals surface area (Å²) in [4.78, 5) is 0. The van der Waals surface area contributed by atoms with Gasteiger partial charge < -0.3 is 4.42 Å². The number of rotatable bonds is 2. The molecule has 28 heavy (non-hydrogen) atoms. The molecule has 0 aliphatic heterocycles. The average molecular weight is 380 g/mol. The maximum Gasteiger partial charge on any atom is 0.213 e. The molecule has 4 aromatic rings. The summed E-state index contributed by atoms with van der Waals surface area (Å²) in [5, 5.41) is 10.6. The molecule has 0 amide bonds. The number of pyridine rings is 1. The molecule has 140 valence electrons. The molecule has 0 atom stereocenters. The second kappa shape index (κ2) is 6.49. The molecule has 0 fully saturated rings. The molecule has 0 saturated carbocycles. The Morgan fingerprint density at radius 2 is 1.96 bits per heavy atom. The van der Waals surface area contributed by atoms with Gasteiger partial charge >= 0.3 is 0 Å². The molecule has 0 bridgehead atoms. The predicted octanol–water partition coefficient (Wildman–Crippen LogP) is 6.00. The molecule has 0 saturated heterocycles. The minimum absolute atomic E-state index is 0.110. The summed E-state index contributed by atoms with van der Waals surface area (Å²) in [5.41, 5.74) is 1.96. The zero-order valence-corrected chi connectivity index (χ0v) is 15.8. The lowest BCUT2D eigenvalue weighted by molar-refractivity contribution is -0.667. The van der Waals surface area contributed by atoms with E-state index in [-0.39, 0.29) is 5.69 Å². The summed E-state index contributed by atoms with van der Waals surface area (Å²) in [6.45, 7) is -6.37. The second-order valence-corrected chi connectivity index (χ2v) is 6.89. The van der Waals surface area contributed by atoms with E-state index in [0.717, 1.165) is 5.56 Å². The van der Waals surface area contributed by atoms with Crippen LogP contribution in [-0.2, 0) is 7.05 Å². The van der Waals surface area contributed by atoms with Gasteiger partial charge in [0.25, 0.3) is 0 Å². The number of hydrogen-bond donors (Lipinski definition) is 0. The van der Waals surface area contributed by atoms with Crippen molar-refractivity contribution in [2.24, 2.45) is 7.05 Å². The monoisotopic (exact) mass is 379 g/mol. The number of nitriles is 1. The third-order valence-corrected chi connectivity index (χ3v) is 5.28. The number of fused-ring (bicyclic) bond motifs is 3. The van der Waals surface area contributed by atoms with Crippen LogP contribution >= 0.6 is 0 Å². The Bertz CT molecular complexity index is 1620.